The van der Waals surface area contributed by atoms with Crippen molar-refractivity contribution >= 4 is 6.41 Å². The van der Waals surface area contributed by atoms with Gasteiger partial charge in [-0.3, -0.25) is 4.79 Å². The maximum atomic E-state index is 10.0. The van der Waals surface area contributed by atoms with Gasteiger partial charge in [0.15, 0.2) is 0 Å². The van der Waals surface area contributed by atoms with Gasteiger partial charge in [0.1, 0.15) is 0 Å². The van der Waals surface area contributed by atoms with Crippen LogP contribution in [-0.2, 0) is 4.79 Å². The highest BCUT2D eigenvalue weighted by molar-refractivity contribution is 5.46. The molecule has 64 valence electrons. The molecule has 0 aromatic heterocycles. The summed E-state index contributed by atoms with van der Waals surface area (Å²) in [6.45, 7) is 2.79. The predicted octanol–water partition coefficient (Wildman–Crippen LogP) is 1.54. The van der Waals surface area contributed by atoms with E-state index < -0.39 is 0 Å². The largest absolute Gasteiger partial charge is 0.358 e. The Bertz CT molecular complexity index is 233. The fourth-order valence-corrected chi connectivity index (χ4v) is 1.12. The molecular weight excluding hydrogens is 150 g/mol. The number of rotatable bonds is 4. The van der Waals surface area contributed by atoms with Crippen molar-refractivity contribution in [1.82, 2.24) is 5.32 Å². The molecule has 12 heavy (non-hydrogen) atoms. The molecule has 0 saturated heterocycles. The summed E-state index contributed by atoms with van der Waals surface area (Å²) >= 11 is 0. The molecule has 1 N–H and O–H groups in total. The first-order valence-corrected chi connectivity index (χ1v) is 4.06. The zero-order valence-electron chi connectivity index (χ0n) is 7.16. The number of hydrogen-bond donors (Lipinski definition) is 1. The van der Waals surface area contributed by atoms with Crippen molar-refractivity contribution in [2.75, 3.05) is 6.54 Å². The van der Waals surface area contributed by atoms with E-state index in [0.717, 1.165) is 6.41 Å². The van der Waals surface area contributed by atoms with Gasteiger partial charge in [-0.05, 0) is 11.5 Å². The SMILES string of the molecule is C[C@H](CNC=O)c1ccccc1. The average molecular weight is 163 g/mol. The maximum absolute atomic E-state index is 10.0. The van der Waals surface area contributed by atoms with Crippen molar-refractivity contribution in [3.8, 4) is 0 Å². The lowest BCUT2D eigenvalue weighted by Gasteiger charge is -2.09. The number of carbonyl (C=O) groups is 1. The van der Waals surface area contributed by atoms with E-state index in [1.807, 2.05) is 18.2 Å². The van der Waals surface area contributed by atoms with E-state index in [0.29, 0.717) is 12.5 Å². The van der Waals surface area contributed by atoms with E-state index in [-0.39, 0.29) is 0 Å². The highest BCUT2D eigenvalue weighted by Crippen LogP contribution is 2.12. The van der Waals surface area contributed by atoms with Gasteiger partial charge in [0.05, 0.1) is 0 Å². The van der Waals surface area contributed by atoms with Crippen LogP contribution in [0.5, 0.6) is 0 Å². The van der Waals surface area contributed by atoms with Gasteiger partial charge in [-0.15, -0.1) is 0 Å². The van der Waals surface area contributed by atoms with Crippen LogP contribution < -0.4 is 5.32 Å². The molecule has 2 nitrogen and oxygen atoms in total. The molecule has 0 aliphatic heterocycles. The highest BCUT2D eigenvalue weighted by atomic mass is 16.1. The van der Waals surface area contributed by atoms with Gasteiger partial charge in [0.25, 0.3) is 0 Å². The van der Waals surface area contributed by atoms with Crippen molar-refractivity contribution in [1.29, 1.82) is 0 Å². The number of amides is 1. The lowest BCUT2D eigenvalue weighted by atomic mass is 10.0. The minimum atomic E-state index is 0.386. The standard InChI is InChI=1S/C10H13NO/c1-9(7-11-8-12)10-5-3-2-4-6-10/h2-6,8-9H,7H2,1H3,(H,11,12)/t9-/m1/s1. The fraction of sp³-hybridized carbons (Fsp3) is 0.300. The van der Waals surface area contributed by atoms with E-state index in [9.17, 15) is 4.79 Å². The molecular formula is C10H13NO. The molecule has 0 saturated carbocycles. The average Bonchev–Trinajstić information content (AvgIpc) is 2.15. The molecule has 0 fully saturated rings. The smallest absolute Gasteiger partial charge is 0.207 e. The van der Waals surface area contributed by atoms with Crippen molar-refractivity contribution < 1.29 is 4.79 Å². The second-order valence-electron chi connectivity index (χ2n) is 2.84. The van der Waals surface area contributed by atoms with Crippen LogP contribution in [0.15, 0.2) is 30.3 Å². The summed E-state index contributed by atoms with van der Waals surface area (Å²) in [5.74, 6) is 0.386. The molecule has 0 spiro atoms. The number of benzene rings is 1. The molecule has 1 aromatic carbocycles. The lowest BCUT2D eigenvalue weighted by Crippen LogP contribution is -2.17. The van der Waals surface area contributed by atoms with Crippen LogP contribution in [0.3, 0.4) is 0 Å². The molecule has 0 unspecified atom stereocenters. The van der Waals surface area contributed by atoms with Crippen LogP contribution in [0.4, 0.5) is 0 Å². The van der Waals surface area contributed by atoms with Crippen molar-refractivity contribution in [3.63, 3.8) is 0 Å². The molecule has 0 radical (unpaired) electrons. The van der Waals surface area contributed by atoms with Gasteiger partial charge in [-0.25, -0.2) is 0 Å². The van der Waals surface area contributed by atoms with E-state index in [1.165, 1.54) is 5.56 Å². The van der Waals surface area contributed by atoms with Gasteiger partial charge >= 0.3 is 0 Å². The monoisotopic (exact) mass is 163 g/mol. The van der Waals surface area contributed by atoms with Crippen molar-refractivity contribution in [2.24, 2.45) is 0 Å². The van der Waals surface area contributed by atoms with Crippen molar-refractivity contribution in [2.45, 2.75) is 12.8 Å². The third kappa shape index (κ3) is 2.38. The van der Waals surface area contributed by atoms with Crippen LogP contribution in [0.25, 0.3) is 0 Å². The molecule has 1 rings (SSSR count). The summed E-state index contributed by atoms with van der Waals surface area (Å²) in [6.07, 6.45) is 0.736. The van der Waals surface area contributed by atoms with E-state index in [4.69, 9.17) is 0 Å². The molecule has 1 amide bonds. The maximum Gasteiger partial charge on any atom is 0.207 e. The summed E-state index contributed by atoms with van der Waals surface area (Å²) in [6, 6.07) is 10.1. The molecule has 0 aliphatic rings. The fourth-order valence-electron chi connectivity index (χ4n) is 1.12. The zero-order chi connectivity index (χ0) is 8.81. The van der Waals surface area contributed by atoms with E-state index in [1.54, 1.807) is 0 Å². The molecule has 0 bridgehead atoms. The Balaban J connectivity index is 2.53. The highest BCUT2D eigenvalue weighted by Gasteiger charge is 2.02. The number of nitrogens with one attached hydrogen (secondary N) is 1. The Morgan fingerprint density at radius 1 is 1.42 bits per heavy atom. The normalized spacial score (nSPS) is 12.1. The summed E-state index contributed by atoms with van der Waals surface area (Å²) < 4.78 is 0. The van der Waals surface area contributed by atoms with Gasteiger partial charge < -0.3 is 5.32 Å². The zero-order valence-corrected chi connectivity index (χ0v) is 7.16. The van der Waals surface area contributed by atoms with Crippen LogP contribution in [0.2, 0.25) is 0 Å². The molecule has 1 aromatic rings. The molecule has 2 heteroatoms. The quantitative estimate of drug-likeness (QED) is 0.670. The first-order chi connectivity index (χ1) is 5.84. The third-order valence-electron chi connectivity index (χ3n) is 1.88. The van der Waals surface area contributed by atoms with Gasteiger partial charge in [0, 0.05) is 6.54 Å². The Kier molecular flexibility index (Phi) is 3.33. The number of hydrogen-bond acceptors (Lipinski definition) is 1. The van der Waals surface area contributed by atoms with Crippen molar-refractivity contribution in [3.05, 3.63) is 35.9 Å². The second kappa shape index (κ2) is 4.54. The predicted molar refractivity (Wildman–Crippen MR) is 48.9 cm³/mol. The van der Waals surface area contributed by atoms with Crippen LogP contribution in [0.1, 0.15) is 18.4 Å². The molecule has 0 aliphatic carbocycles. The van der Waals surface area contributed by atoms with Gasteiger partial charge in [0.2, 0.25) is 6.41 Å². The minimum Gasteiger partial charge on any atom is -0.358 e. The summed E-state index contributed by atoms with van der Waals surface area (Å²) in [5.41, 5.74) is 1.26. The number of carbonyl (C=O) groups excluding carboxylic acids is 1. The second-order valence-corrected chi connectivity index (χ2v) is 2.84. The minimum absolute atomic E-state index is 0.386. The van der Waals surface area contributed by atoms with Gasteiger partial charge in [-0.1, -0.05) is 37.3 Å². The van der Waals surface area contributed by atoms with Crippen LogP contribution >= 0.6 is 0 Å². The Labute approximate surface area is 72.6 Å². The van der Waals surface area contributed by atoms with E-state index in [2.05, 4.69) is 24.4 Å². The summed E-state index contributed by atoms with van der Waals surface area (Å²) in [7, 11) is 0. The third-order valence-corrected chi connectivity index (χ3v) is 1.88. The first-order valence-electron chi connectivity index (χ1n) is 4.06. The first kappa shape index (κ1) is 8.78. The Morgan fingerprint density at radius 2 is 2.08 bits per heavy atom. The van der Waals surface area contributed by atoms with E-state index >= 15 is 0 Å². The van der Waals surface area contributed by atoms with Gasteiger partial charge in [-0.2, -0.15) is 0 Å². The Morgan fingerprint density at radius 3 is 2.67 bits per heavy atom. The lowest BCUT2D eigenvalue weighted by molar-refractivity contribution is -0.109. The summed E-state index contributed by atoms with van der Waals surface area (Å²) in [5, 5.41) is 2.67. The Hall–Kier alpha value is -1.31. The molecule has 0 heterocycles. The summed E-state index contributed by atoms with van der Waals surface area (Å²) in [4.78, 5) is 10.0. The van der Waals surface area contributed by atoms with Crippen LogP contribution in [-0.4, -0.2) is 13.0 Å². The van der Waals surface area contributed by atoms with Crippen LogP contribution in [0, 0.1) is 0 Å². The topological polar surface area (TPSA) is 29.1 Å². The molecule has 1 atom stereocenters.